The first-order chi connectivity index (χ1) is 16.4. The summed E-state index contributed by atoms with van der Waals surface area (Å²) in [5, 5.41) is 13.0. The Balaban J connectivity index is 1.64. The van der Waals surface area contributed by atoms with Crippen LogP contribution in [0.4, 0.5) is 0 Å². The number of rotatable bonds is 7. The van der Waals surface area contributed by atoms with E-state index >= 15 is 0 Å². The molecule has 1 N–H and O–H groups in total. The van der Waals surface area contributed by atoms with Gasteiger partial charge in [0.2, 0.25) is 0 Å². The molecule has 0 amide bonds. The number of benzene rings is 3. The maximum atomic E-state index is 12.9. The van der Waals surface area contributed by atoms with Crippen molar-refractivity contribution in [2.75, 3.05) is 13.2 Å². The molecule has 4 nitrogen and oxygen atoms in total. The molecule has 2 aliphatic carbocycles. The fraction of sp³-hybridized carbons (Fsp3) is 0.367. The molecule has 0 aromatic heterocycles. The van der Waals surface area contributed by atoms with Gasteiger partial charge in [0.25, 0.3) is 0 Å². The van der Waals surface area contributed by atoms with Gasteiger partial charge in [0, 0.05) is 11.5 Å². The van der Waals surface area contributed by atoms with Crippen LogP contribution in [0, 0.1) is 11.8 Å². The average molecular weight is 457 g/mol. The second kappa shape index (κ2) is 9.01. The lowest BCUT2D eigenvalue weighted by atomic mass is 9.70. The zero-order valence-corrected chi connectivity index (χ0v) is 20.3. The SMILES string of the molecule is CC(C)COC(=O)c1ccc2c3c1C=CCC3c1ccc(C(O)OCC(C)C)c3cccc-2c13. The minimum Gasteiger partial charge on any atom is -0.462 e. The van der Waals surface area contributed by atoms with Crippen molar-refractivity contribution in [2.24, 2.45) is 11.8 Å². The maximum absolute atomic E-state index is 12.9. The quantitative estimate of drug-likeness (QED) is 0.312. The van der Waals surface area contributed by atoms with Gasteiger partial charge in [0.05, 0.1) is 18.8 Å². The van der Waals surface area contributed by atoms with Gasteiger partial charge in [-0.2, -0.15) is 0 Å². The number of ether oxygens (including phenoxy) is 2. The van der Waals surface area contributed by atoms with E-state index in [0.717, 1.165) is 34.1 Å². The third-order valence-electron chi connectivity index (χ3n) is 6.69. The van der Waals surface area contributed by atoms with Crippen molar-refractivity contribution in [3.63, 3.8) is 0 Å². The Hall–Kier alpha value is -2.95. The second-order valence-electron chi connectivity index (χ2n) is 10.2. The molecule has 5 rings (SSSR count). The minimum absolute atomic E-state index is 0.160. The van der Waals surface area contributed by atoms with Crippen molar-refractivity contribution in [3.8, 4) is 11.1 Å². The van der Waals surface area contributed by atoms with Crippen molar-refractivity contribution in [3.05, 3.63) is 76.4 Å². The highest BCUT2D eigenvalue weighted by Gasteiger charge is 2.33. The maximum Gasteiger partial charge on any atom is 0.338 e. The average Bonchev–Trinajstić information content (AvgIpc) is 2.83. The molecule has 0 saturated heterocycles. The van der Waals surface area contributed by atoms with Gasteiger partial charge in [-0.3, -0.25) is 0 Å². The Morgan fingerprint density at radius 3 is 2.56 bits per heavy atom. The van der Waals surface area contributed by atoms with Crippen LogP contribution in [-0.4, -0.2) is 24.3 Å². The van der Waals surface area contributed by atoms with E-state index in [2.05, 4.69) is 50.3 Å². The summed E-state index contributed by atoms with van der Waals surface area (Å²) in [6.07, 6.45) is 4.14. The lowest BCUT2D eigenvalue weighted by Crippen LogP contribution is -2.18. The van der Waals surface area contributed by atoms with E-state index in [-0.39, 0.29) is 11.9 Å². The molecule has 0 fully saturated rings. The van der Waals surface area contributed by atoms with E-state index in [1.165, 1.54) is 16.5 Å². The Labute approximate surface area is 201 Å². The van der Waals surface area contributed by atoms with Gasteiger partial charge < -0.3 is 14.6 Å². The van der Waals surface area contributed by atoms with Crippen LogP contribution < -0.4 is 0 Å². The summed E-state index contributed by atoms with van der Waals surface area (Å²) in [5.41, 5.74) is 7.11. The van der Waals surface area contributed by atoms with Gasteiger partial charge >= 0.3 is 5.97 Å². The number of aliphatic hydroxyl groups excluding tert-OH is 1. The Morgan fingerprint density at radius 2 is 1.79 bits per heavy atom. The van der Waals surface area contributed by atoms with E-state index < -0.39 is 6.29 Å². The topological polar surface area (TPSA) is 55.8 Å². The highest BCUT2D eigenvalue weighted by Crippen LogP contribution is 2.51. The van der Waals surface area contributed by atoms with Crippen molar-refractivity contribution in [2.45, 2.75) is 46.3 Å². The van der Waals surface area contributed by atoms with Crippen LogP contribution >= 0.6 is 0 Å². The molecule has 0 spiro atoms. The molecule has 176 valence electrons. The summed E-state index contributed by atoms with van der Waals surface area (Å²) >= 11 is 0. The van der Waals surface area contributed by atoms with Crippen molar-refractivity contribution < 1.29 is 19.4 Å². The predicted octanol–water partition coefficient (Wildman–Crippen LogP) is 6.85. The summed E-state index contributed by atoms with van der Waals surface area (Å²) in [4.78, 5) is 12.9. The number of aliphatic hydroxyl groups is 1. The van der Waals surface area contributed by atoms with Crippen LogP contribution in [0.5, 0.6) is 0 Å². The van der Waals surface area contributed by atoms with Gasteiger partial charge in [-0.15, -0.1) is 0 Å². The van der Waals surface area contributed by atoms with Crippen molar-refractivity contribution in [1.29, 1.82) is 0 Å². The first kappa shape index (κ1) is 22.8. The van der Waals surface area contributed by atoms with Crippen LogP contribution in [0.15, 0.2) is 48.5 Å². The number of fused-ring (bicyclic) bond motifs is 2. The molecular formula is C30H32O4. The molecule has 2 aliphatic rings. The molecule has 3 aromatic carbocycles. The van der Waals surface area contributed by atoms with E-state index in [0.29, 0.717) is 30.6 Å². The summed E-state index contributed by atoms with van der Waals surface area (Å²) in [5.74, 6) is 0.532. The Bertz CT molecular complexity index is 1280. The molecule has 2 atom stereocenters. The summed E-state index contributed by atoms with van der Waals surface area (Å²) in [6.45, 7) is 9.13. The van der Waals surface area contributed by atoms with Gasteiger partial charge in [-0.25, -0.2) is 4.79 Å². The zero-order valence-electron chi connectivity index (χ0n) is 20.3. The van der Waals surface area contributed by atoms with Crippen LogP contribution in [0.25, 0.3) is 28.0 Å². The van der Waals surface area contributed by atoms with Crippen LogP contribution in [0.3, 0.4) is 0 Å². The molecule has 0 radical (unpaired) electrons. The number of carbonyl (C=O) groups excluding carboxylic acids is 1. The number of hydrogen-bond donors (Lipinski definition) is 1. The minimum atomic E-state index is -0.965. The third-order valence-corrected chi connectivity index (χ3v) is 6.69. The number of esters is 1. The van der Waals surface area contributed by atoms with E-state index in [4.69, 9.17) is 9.47 Å². The Kier molecular flexibility index (Phi) is 6.05. The monoisotopic (exact) mass is 456 g/mol. The van der Waals surface area contributed by atoms with E-state index in [1.807, 2.05) is 32.0 Å². The third kappa shape index (κ3) is 3.85. The first-order valence-corrected chi connectivity index (χ1v) is 12.2. The zero-order chi connectivity index (χ0) is 24.0. The summed E-state index contributed by atoms with van der Waals surface area (Å²) < 4.78 is 11.3. The lowest BCUT2D eigenvalue weighted by molar-refractivity contribution is -0.109. The van der Waals surface area contributed by atoms with Crippen LogP contribution in [0.1, 0.15) is 78.9 Å². The van der Waals surface area contributed by atoms with Gasteiger partial charge in [0.1, 0.15) is 0 Å². The molecule has 2 unspecified atom stereocenters. The molecule has 0 heterocycles. The standard InChI is InChI=1S/C30H32O4/c1-17(2)15-33-29(31)25-13-11-23-20-8-6-10-22-26(30(32)34-16-18(3)4)14-12-24(28(20)22)19-7-5-9-21(25)27(19)23/h5-7,9-14,17-18,20,29,31H,8,15-16H2,1-4H3. The predicted molar refractivity (Wildman–Crippen MR) is 136 cm³/mol. The van der Waals surface area contributed by atoms with Gasteiger partial charge in [-0.1, -0.05) is 76.2 Å². The fourth-order valence-electron chi connectivity index (χ4n) is 5.21. The summed E-state index contributed by atoms with van der Waals surface area (Å²) in [7, 11) is 0. The highest BCUT2D eigenvalue weighted by atomic mass is 16.6. The van der Waals surface area contributed by atoms with E-state index in [9.17, 15) is 9.90 Å². The second-order valence-corrected chi connectivity index (χ2v) is 10.2. The van der Waals surface area contributed by atoms with Gasteiger partial charge in [-0.05, 0) is 62.9 Å². The fourth-order valence-corrected chi connectivity index (χ4v) is 5.21. The number of allylic oxidation sites excluding steroid dienone is 1. The molecule has 34 heavy (non-hydrogen) atoms. The Morgan fingerprint density at radius 1 is 1.00 bits per heavy atom. The molecule has 0 bridgehead atoms. The molecule has 4 heteroatoms. The molecular weight excluding hydrogens is 424 g/mol. The summed E-state index contributed by atoms with van der Waals surface area (Å²) in [6, 6.07) is 14.3. The van der Waals surface area contributed by atoms with Crippen molar-refractivity contribution in [1.82, 2.24) is 0 Å². The van der Waals surface area contributed by atoms with Gasteiger partial charge in [0.15, 0.2) is 6.29 Å². The first-order valence-electron chi connectivity index (χ1n) is 12.2. The highest BCUT2D eigenvalue weighted by molar-refractivity contribution is 6.06. The van der Waals surface area contributed by atoms with Crippen LogP contribution in [0.2, 0.25) is 0 Å². The van der Waals surface area contributed by atoms with Crippen LogP contribution in [-0.2, 0) is 9.47 Å². The lowest BCUT2D eigenvalue weighted by Gasteiger charge is -2.33. The number of carbonyl (C=O) groups is 1. The smallest absolute Gasteiger partial charge is 0.338 e. The molecule has 3 aromatic rings. The normalized spacial score (nSPS) is 16.7. The molecule has 0 aliphatic heterocycles. The van der Waals surface area contributed by atoms with E-state index in [1.54, 1.807) is 0 Å². The van der Waals surface area contributed by atoms with Crippen molar-refractivity contribution >= 4 is 22.8 Å². The largest absolute Gasteiger partial charge is 0.462 e. The molecule has 0 saturated carbocycles. The number of hydrogen-bond acceptors (Lipinski definition) is 4.